The van der Waals surface area contributed by atoms with Gasteiger partial charge in [-0.1, -0.05) is 30.3 Å². The number of hydrogen-bond donors (Lipinski definition) is 2. The van der Waals surface area contributed by atoms with Gasteiger partial charge in [-0.25, -0.2) is 0 Å². The molecule has 92 valence electrons. The molecule has 0 aromatic heterocycles. The Balaban J connectivity index is 2.75. The predicted molar refractivity (Wildman–Crippen MR) is 69.9 cm³/mol. The first kappa shape index (κ1) is 13.2. The van der Waals surface area contributed by atoms with Crippen LogP contribution in [0.5, 0.6) is 0 Å². The molecule has 17 heavy (non-hydrogen) atoms. The Morgan fingerprint density at radius 3 is 2.47 bits per heavy atom. The summed E-state index contributed by atoms with van der Waals surface area (Å²) in [5, 5.41) is 2.62. The van der Waals surface area contributed by atoms with Crippen molar-refractivity contribution in [3.8, 4) is 0 Å². The van der Waals surface area contributed by atoms with Crippen LogP contribution < -0.4 is 11.1 Å². The van der Waals surface area contributed by atoms with Crippen LogP contribution in [-0.4, -0.2) is 25.3 Å². The van der Waals surface area contributed by atoms with Gasteiger partial charge in [0.25, 0.3) is 0 Å². The summed E-state index contributed by atoms with van der Waals surface area (Å²) >= 11 is 0. The van der Waals surface area contributed by atoms with Crippen molar-refractivity contribution in [1.29, 1.82) is 0 Å². The lowest BCUT2D eigenvalue weighted by molar-refractivity contribution is -0.128. The molecule has 1 rings (SSSR count). The summed E-state index contributed by atoms with van der Waals surface area (Å²) in [7, 11) is 1.62. The molecule has 4 heteroatoms. The Hall–Kier alpha value is -1.84. The van der Waals surface area contributed by atoms with Crippen molar-refractivity contribution in [2.45, 2.75) is 13.8 Å². The van der Waals surface area contributed by atoms with Gasteiger partial charge in [-0.05, 0) is 13.8 Å². The molecule has 0 saturated heterocycles. The average Bonchev–Trinajstić information content (AvgIpc) is 2.36. The van der Waals surface area contributed by atoms with Crippen LogP contribution in [0.1, 0.15) is 19.4 Å². The highest BCUT2D eigenvalue weighted by molar-refractivity contribution is 5.97. The van der Waals surface area contributed by atoms with E-state index in [2.05, 4.69) is 10.3 Å². The number of benzene rings is 1. The fraction of sp³-hybridized carbons (Fsp3) is 0.385. The fourth-order valence-corrected chi connectivity index (χ4v) is 1.39. The zero-order valence-electron chi connectivity index (χ0n) is 10.5. The number of nitrogens with one attached hydrogen (secondary N) is 1. The van der Waals surface area contributed by atoms with Crippen molar-refractivity contribution in [3.63, 3.8) is 0 Å². The molecule has 0 heterocycles. The molecule has 3 N–H and O–H groups in total. The minimum Gasteiger partial charge on any atom is -0.384 e. The van der Waals surface area contributed by atoms with Gasteiger partial charge < -0.3 is 11.1 Å². The van der Waals surface area contributed by atoms with Crippen molar-refractivity contribution in [2.75, 3.05) is 13.6 Å². The largest absolute Gasteiger partial charge is 0.384 e. The van der Waals surface area contributed by atoms with Gasteiger partial charge in [-0.2, -0.15) is 0 Å². The number of amidine groups is 1. The van der Waals surface area contributed by atoms with E-state index in [1.165, 1.54) is 0 Å². The first-order valence-corrected chi connectivity index (χ1v) is 5.55. The van der Waals surface area contributed by atoms with Crippen LogP contribution in [0.4, 0.5) is 0 Å². The Bertz CT molecular complexity index is 410. The summed E-state index contributed by atoms with van der Waals surface area (Å²) in [5.41, 5.74) is 6.19. The number of rotatable bonds is 4. The van der Waals surface area contributed by atoms with Gasteiger partial charge in [0.1, 0.15) is 5.84 Å². The molecule has 0 saturated carbocycles. The minimum atomic E-state index is -0.547. The molecule has 1 aromatic rings. The number of nitrogens with two attached hydrogens (primary N) is 1. The smallest absolute Gasteiger partial charge is 0.227 e. The van der Waals surface area contributed by atoms with Crippen LogP contribution in [0.2, 0.25) is 0 Å². The third kappa shape index (κ3) is 3.59. The highest BCUT2D eigenvalue weighted by Crippen LogP contribution is 2.15. The van der Waals surface area contributed by atoms with E-state index in [4.69, 9.17) is 5.73 Å². The quantitative estimate of drug-likeness (QED) is 0.605. The summed E-state index contributed by atoms with van der Waals surface area (Å²) in [5.74, 6) is 0.421. The maximum Gasteiger partial charge on any atom is 0.227 e. The molecule has 0 atom stereocenters. The van der Waals surface area contributed by atoms with E-state index in [0.717, 1.165) is 5.56 Å². The minimum absolute atomic E-state index is 0.0397. The lowest BCUT2D eigenvalue weighted by Gasteiger charge is -2.20. The van der Waals surface area contributed by atoms with E-state index in [1.807, 2.05) is 44.2 Å². The molecule has 0 spiro atoms. The molecule has 1 amide bonds. The second kappa shape index (κ2) is 5.48. The van der Waals surface area contributed by atoms with Crippen molar-refractivity contribution >= 4 is 11.7 Å². The van der Waals surface area contributed by atoms with E-state index in [1.54, 1.807) is 7.05 Å². The van der Waals surface area contributed by atoms with E-state index in [-0.39, 0.29) is 5.91 Å². The molecule has 0 radical (unpaired) electrons. The molecule has 0 fully saturated rings. The van der Waals surface area contributed by atoms with Crippen LogP contribution in [0.25, 0.3) is 0 Å². The topological polar surface area (TPSA) is 67.5 Å². The van der Waals surface area contributed by atoms with Crippen LogP contribution in [-0.2, 0) is 4.79 Å². The number of amides is 1. The van der Waals surface area contributed by atoms with Crippen LogP contribution >= 0.6 is 0 Å². The molecular formula is C13H19N3O. The number of nitrogens with zero attached hydrogens (tertiary/aromatic N) is 1. The van der Waals surface area contributed by atoms with E-state index in [9.17, 15) is 4.79 Å². The lowest BCUT2D eigenvalue weighted by Crippen LogP contribution is -2.37. The SMILES string of the molecule is CNC(=O)C(C)(C)CN=C(N)c1ccccc1. The monoisotopic (exact) mass is 233 g/mol. The Kier molecular flexibility index (Phi) is 4.26. The zero-order valence-corrected chi connectivity index (χ0v) is 10.5. The normalized spacial score (nSPS) is 12.3. The molecular weight excluding hydrogens is 214 g/mol. The van der Waals surface area contributed by atoms with Gasteiger partial charge >= 0.3 is 0 Å². The second-order valence-corrected chi connectivity index (χ2v) is 4.53. The summed E-state index contributed by atoms with van der Waals surface area (Å²) in [6, 6.07) is 9.52. The highest BCUT2D eigenvalue weighted by atomic mass is 16.2. The average molecular weight is 233 g/mol. The first-order chi connectivity index (χ1) is 7.97. The van der Waals surface area contributed by atoms with Crippen molar-refractivity contribution in [2.24, 2.45) is 16.1 Å². The van der Waals surface area contributed by atoms with Crippen molar-refractivity contribution in [1.82, 2.24) is 5.32 Å². The second-order valence-electron chi connectivity index (χ2n) is 4.53. The maximum atomic E-state index is 11.6. The molecule has 4 nitrogen and oxygen atoms in total. The Labute approximate surface area is 102 Å². The van der Waals surface area contributed by atoms with Crippen molar-refractivity contribution < 1.29 is 4.79 Å². The number of carbonyl (C=O) groups is 1. The van der Waals surface area contributed by atoms with Gasteiger partial charge in [0, 0.05) is 12.6 Å². The third-order valence-electron chi connectivity index (χ3n) is 2.56. The Morgan fingerprint density at radius 1 is 1.35 bits per heavy atom. The van der Waals surface area contributed by atoms with Gasteiger partial charge in [0.05, 0.1) is 12.0 Å². The zero-order chi connectivity index (χ0) is 12.9. The van der Waals surface area contributed by atoms with E-state index < -0.39 is 5.41 Å². The fourth-order valence-electron chi connectivity index (χ4n) is 1.39. The lowest BCUT2D eigenvalue weighted by atomic mass is 9.92. The molecule has 0 aliphatic heterocycles. The number of carbonyl (C=O) groups excluding carboxylic acids is 1. The third-order valence-corrected chi connectivity index (χ3v) is 2.56. The molecule has 0 unspecified atom stereocenters. The Morgan fingerprint density at radius 2 is 1.94 bits per heavy atom. The summed E-state index contributed by atoms with van der Waals surface area (Å²) in [6.45, 7) is 4.05. The van der Waals surface area contributed by atoms with Gasteiger partial charge in [0.2, 0.25) is 5.91 Å². The standard InChI is InChI=1S/C13H19N3O/c1-13(2,12(17)15-3)9-16-11(14)10-7-5-4-6-8-10/h4-8H,9H2,1-3H3,(H2,14,16)(H,15,17). The van der Waals surface area contributed by atoms with E-state index in [0.29, 0.717) is 12.4 Å². The maximum absolute atomic E-state index is 11.6. The number of hydrogen-bond acceptors (Lipinski definition) is 2. The number of aliphatic imine (C=N–C) groups is 1. The van der Waals surface area contributed by atoms with Crippen LogP contribution in [0.3, 0.4) is 0 Å². The van der Waals surface area contributed by atoms with Crippen LogP contribution in [0.15, 0.2) is 35.3 Å². The van der Waals surface area contributed by atoms with Crippen LogP contribution in [0, 0.1) is 5.41 Å². The molecule has 0 aliphatic rings. The van der Waals surface area contributed by atoms with Gasteiger partial charge in [0.15, 0.2) is 0 Å². The first-order valence-electron chi connectivity index (χ1n) is 5.55. The van der Waals surface area contributed by atoms with Gasteiger partial charge in [-0.15, -0.1) is 0 Å². The highest BCUT2D eigenvalue weighted by Gasteiger charge is 2.26. The summed E-state index contributed by atoms with van der Waals surface area (Å²) in [4.78, 5) is 15.8. The van der Waals surface area contributed by atoms with E-state index >= 15 is 0 Å². The molecule has 0 bridgehead atoms. The van der Waals surface area contributed by atoms with Gasteiger partial charge in [-0.3, -0.25) is 9.79 Å². The summed E-state index contributed by atoms with van der Waals surface area (Å²) in [6.07, 6.45) is 0. The predicted octanol–water partition coefficient (Wildman–Crippen LogP) is 1.16. The van der Waals surface area contributed by atoms with Crippen molar-refractivity contribution in [3.05, 3.63) is 35.9 Å². The molecule has 1 aromatic carbocycles. The summed E-state index contributed by atoms with van der Waals surface area (Å²) < 4.78 is 0. The molecule has 0 aliphatic carbocycles.